The highest BCUT2D eigenvalue weighted by atomic mass is 35.5. The molecule has 0 aromatic carbocycles. The zero-order valence-corrected chi connectivity index (χ0v) is 6.15. The van der Waals surface area contributed by atoms with Crippen LogP contribution in [0.15, 0.2) is 12.5 Å². The SMILES string of the molecule is Nc1ncc2ncn(Cl)c2n1. The predicted octanol–water partition coefficient (Wildman–Crippen LogP) is 0.410. The van der Waals surface area contributed by atoms with Crippen molar-refractivity contribution < 1.29 is 0 Å². The summed E-state index contributed by atoms with van der Waals surface area (Å²) in [7, 11) is 0. The summed E-state index contributed by atoms with van der Waals surface area (Å²) >= 11 is 5.65. The Labute approximate surface area is 66.9 Å². The fourth-order valence-electron chi connectivity index (χ4n) is 0.796. The van der Waals surface area contributed by atoms with Gasteiger partial charge in [-0.3, -0.25) is 0 Å². The van der Waals surface area contributed by atoms with Gasteiger partial charge in [0.2, 0.25) is 5.95 Å². The summed E-state index contributed by atoms with van der Waals surface area (Å²) in [6, 6.07) is 0. The van der Waals surface area contributed by atoms with E-state index in [1.54, 1.807) is 0 Å². The Morgan fingerprint density at radius 3 is 3.09 bits per heavy atom. The van der Waals surface area contributed by atoms with Crippen molar-refractivity contribution in [3.8, 4) is 0 Å². The molecular weight excluding hydrogens is 166 g/mol. The van der Waals surface area contributed by atoms with Crippen molar-refractivity contribution in [2.45, 2.75) is 0 Å². The van der Waals surface area contributed by atoms with Crippen molar-refractivity contribution in [3.63, 3.8) is 0 Å². The summed E-state index contributed by atoms with van der Waals surface area (Å²) in [6.45, 7) is 0. The molecule has 2 aromatic heterocycles. The van der Waals surface area contributed by atoms with Gasteiger partial charge < -0.3 is 5.73 Å². The number of nitrogens with zero attached hydrogens (tertiary/aromatic N) is 4. The fraction of sp³-hybridized carbons (Fsp3) is 0. The van der Waals surface area contributed by atoms with Gasteiger partial charge in [-0.2, -0.15) is 4.98 Å². The molecule has 0 radical (unpaired) electrons. The molecule has 0 aliphatic rings. The Hall–Kier alpha value is -1.36. The van der Waals surface area contributed by atoms with Crippen molar-refractivity contribution >= 4 is 28.9 Å². The molecule has 5 nitrogen and oxygen atoms in total. The highest BCUT2D eigenvalue weighted by Crippen LogP contribution is 2.09. The van der Waals surface area contributed by atoms with Crippen LogP contribution in [0.2, 0.25) is 0 Å². The number of rotatable bonds is 0. The van der Waals surface area contributed by atoms with Crippen LogP contribution in [0.5, 0.6) is 0 Å². The molecule has 0 aliphatic carbocycles. The predicted molar refractivity (Wildman–Crippen MR) is 41.0 cm³/mol. The number of aromatic nitrogens is 4. The van der Waals surface area contributed by atoms with Gasteiger partial charge in [-0.15, -0.1) is 0 Å². The van der Waals surface area contributed by atoms with Gasteiger partial charge in [-0.25, -0.2) is 14.1 Å². The molecule has 2 aromatic rings. The van der Waals surface area contributed by atoms with Crippen molar-refractivity contribution in [2.75, 3.05) is 5.73 Å². The lowest BCUT2D eigenvalue weighted by Gasteiger charge is -1.90. The minimum absolute atomic E-state index is 0.194. The largest absolute Gasteiger partial charge is 0.368 e. The number of hydrogen-bond acceptors (Lipinski definition) is 4. The summed E-state index contributed by atoms with van der Waals surface area (Å²) in [5, 5.41) is 0. The quantitative estimate of drug-likeness (QED) is 0.620. The average Bonchev–Trinajstić information content (AvgIpc) is 2.33. The van der Waals surface area contributed by atoms with Gasteiger partial charge in [-0.1, -0.05) is 0 Å². The first-order valence-electron chi connectivity index (χ1n) is 2.89. The fourth-order valence-corrected chi connectivity index (χ4v) is 0.964. The number of nitrogen functional groups attached to an aromatic ring is 1. The van der Waals surface area contributed by atoms with Crippen molar-refractivity contribution in [3.05, 3.63) is 12.5 Å². The lowest BCUT2D eigenvalue weighted by molar-refractivity contribution is 1.18. The second-order valence-corrected chi connectivity index (χ2v) is 2.36. The van der Waals surface area contributed by atoms with Crippen molar-refractivity contribution in [2.24, 2.45) is 0 Å². The van der Waals surface area contributed by atoms with Crippen LogP contribution >= 0.6 is 11.8 Å². The third kappa shape index (κ3) is 0.894. The molecule has 0 fully saturated rings. The van der Waals surface area contributed by atoms with E-state index in [4.69, 9.17) is 17.5 Å². The summed E-state index contributed by atoms with van der Waals surface area (Å²) in [6.07, 6.45) is 2.97. The van der Waals surface area contributed by atoms with Gasteiger partial charge in [0.05, 0.1) is 6.20 Å². The zero-order valence-electron chi connectivity index (χ0n) is 5.40. The van der Waals surface area contributed by atoms with E-state index >= 15 is 0 Å². The number of imidazole rings is 1. The molecule has 0 saturated heterocycles. The molecule has 6 heteroatoms. The Balaban J connectivity index is 2.87. The van der Waals surface area contributed by atoms with E-state index in [-0.39, 0.29) is 5.95 Å². The van der Waals surface area contributed by atoms with E-state index < -0.39 is 0 Å². The summed E-state index contributed by atoms with van der Waals surface area (Å²) < 4.78 is 1.27. The first kappa shape index (κ1) is 6.36. The first-order valence-corrected chi connectivity index (χ1v) is 3.23. The van der Waals surface area contributed by atoms with Crippen LogP contribution in [-0.4, -0.2) is 19.0 Å². The van der Waals surface area contributed by atoms with Crippen LogP contribution in [0, 0.1) is 0 Å². The standard InChI is InChI=1S/C5H4ClN5/c6-11-2-9-3-1-8-5(7)10-4(3)11/h1-2H,(H2,7,8,10). The summed E-state index contributed by atoms with van der Waals surface area (Å²) in [5.74, 6) is 0.194. The second-order valence-electron chi connectivity index (χ2n) is 1.99. The molecule has 0 saturated carbocycles. The Morgan fingerprint density at radius 2 is 2.27 bits per heavy atom. The van der Waals surface area contributed by atoms with E-state index in [2.05, 4.69) is 15.0 Å². The molecule has 2 heterocycles. The van der Waals surface area contributed by atoms with Gasteiger partial charge in [0.25, 0.3) is 0 Å². The minimum atomic E-state index is 0.194. The normalized spacial score (nSPS) is 10.6. The number of anilines is 1. The molecule has 0 spiro atoms. The molecule has 0 atom stereocenters. The van der Waals surface area contributed by atoms with E-state index in [1.807, 2.05) is 0 Å². The highest BCUT2D eigenvalue weighted by Gasteiger charge is 2.01. The van der Waals surface area contributed by atoms with E-state index in [1.165, 1.54) is 16.6 Å². The maximum atomic E-state index is 5.65. The molecular formula is C5H4ClN5. The van der Waals surface area contributed by atoms with Crippen LogP contribution < -0.4 is 5.73 Å². The van der Waals surface area contributed by atoms with Gasteiger partial charge in [0, 0.05) is 11.8 Å². The number of halogens is 1. The van der Waals surface area contributed by atoms with Crippen LogP contribution in [-0.2, 0) is 0 Å². The number of fused-ring (bicyclic) bond motifs is 1. The Kier molecular flexibility index (Phi) is 1.19. The van der Waals surface area contributed by atoms with Gasteiger partial charge in [-0.05, 0) is 0 Å². The lowest BCUT2D eigenvalue weighted by Crippen LogP contribution is -1.94. The van der Waals surface area contributed by atoms with Crippen LogP contribution in [0.1, 0.15) is 0 Å². The Bertz CT molecular complexity index is 395. The van der Waals surface area contributed by atoms with Crippen molar-refractivity contribution in [1.29, 1.82) is 0 Å². The topological polar surface area (TPSA) is 69.6 Å². The van der Waals surface area contributed by atoms with Crippen molar-refractivity contribution in [1.82, 2.24) is 19.0 Å². The molecule has 2 N–H and O–H groups in total. The molecule has 0 bridgehead atoms. The van der Waals surface area contributed by atoms with Gasteiger partial charge in [0.15, 0.2) is 5.65 Å². The second kappa shape index (κ2) is 2.06. The first-order chi connectivity index (χ1) is 5.27. The van der Waals surface area contributed by atoms with E-state index in [9.17, 15) is 0 Å². The average molecular weight is 170 g/mol. The maximum absolute atomic E-state index is 5.65. The molecule has 0 amide bonds. The number of hydrogen-bond donors (Lipinski definition) is 1. The third-order valence-corrected chi connectivity index (χ3v) is 1.52. The summed E-state index contributed by atoms with van der Waals surface area (Å²) in [4.78, 5) is 11.5. The van der Waals surface area contributed by atoms with Crippen LogP contribution in [0.3, 0.4) is 0 Å². The maximum Gasteiger partial charge on any atom is 0.222 e. The van der Waals surface area contributed by atoms with E-state index in [0.717, 1.165) is 0 Å². The van der Waals surface area contributed by atoms with Gasteiger partial charge >= 0.3 is 0 Å². The molecule has 11 heavy (non-hydrogen) atoms. The molecule has 0 unspecified atom stereocenters. The lowest BCUT2D eigenvalue weighted by atomic mass is 10.6. The zero-order chi connectivity index (χ0) is 7.84. The smallest absolute Gasteiger partial charge is 0.222 e. The Morgan fingerprint density at radius 1 is 1.45 bits per heavy atom. The monoisotopic (exact) mass is 169 g/mol. The molecule has 56 valence electrons. The molecule has 0 aliphatic heterocycles. The summed E-state index contributed by atoms with van der Waals surface area (Å²) in [5.41, 5.74) is 6.49. The van der Waals surface area contributed by atoms with E-state index in [0.29, 0.717) is 11.2 Å². The van der Waals surface area contributed by atoms with Crippen LogP contribution in [0.4, 0.5) is 5.95 Å². The minimum Gasteiger partial charge on any atom is -0.368 e. The van der Waals surface area contributed by atoms with Gasteiger partial charge in [0.1, 0.15) is 11.8 Å². The number of nitrogens with two attached hydrogens (primary N) is 1. The molecule has 2 rings (SSSR count). The van der Waals surface area contributed by atoms with Crippen LogP contribution in [0.25, 0.3) is 11.2 Å². The highest BCUT2D eigenvalue weighted by molar-refractivity contribution is 6.18. The third-order valence-electron chi connectivity index (χ3n) is 1.27.